The van der Waals surface area contributed by atoms with Gasteiger partial charge in [0.05, 0.1) is 4.90 Å². The lowest BCUT2D eigenvalue weighted by Crippen LogP contribution is -2.55. The van der Waals surface area contributed by atoms with E-state index < -0.39 is 9.84 Å². The summed E-state index contributed by atoms with van der Waals surface area (Å²) in [6.45, 7) is 10.6. The summed E-state index contributed by atoms with van der Waals surface area (Å²) in [4.78, 5) is 9.66. The summed E-state index contributed by atoms with van der Waals surface area (Å²) in [6.07, 6.45) is 2.03. The number of nitrogens with one attached hydrogen (secondary N) is 2. The molecule has 7 nitrogen and oxygen atoms in total. The molecule has 0 spiro atoms. The van der Waals surface area contributed by atoms with E-state index in [2.05, 4.69) is 46.3 Å². The molecule has 0 saturated carbocycles. The highest BCUT2D eigenvalue weighted by atomic mass is 32.2. The molecule has 1 aliphatic heterocycles. The van der Waals surface area contributed by atoms with Gasteiger partial charge < -0.3 is 15.5 Å². The topological polar surface area (TPSA) is 77.0 Å². The van der Waals surface area contributed by atoms with E-state index >= 15 is 0 Å². The van der Waals surface area contributed by atoms with Crippen LogP contribution in [-0.2, 0) is 16.3 Å². The van der Waals surface area contributed by atoms with Crippen molar-refractivity contribution >= 4 is 15.8 Å². The van der Waals surface area contributed by atoms with Gasteiger partial charge in [-0.15, -0.1) is 0 Å². The summed E-state index contributed by atoms with van der Waals surface area (Å²) >= 11 is 0. The van der Waals surface area contributed by atoms with E-state index in [1.54, 1.807) is 19.2 Å². The Labute approximate surface area is 176 Å². The van der Waals surface area contributed by atoms with E-state index in [-0.39, 0.29) is 0 Å². The van der Waals surface area contributed by atoms with Crippen molar-refractivity contribution in [3.8, 4) is 0 Å². The van der Waals surface area contributed by atoms with Crippen LogP contribution in [0.4, 0.5) is 0 Å². The molecule has 1 saturated heterocycles. The van der Waals surface area contributed by atoms with E-state index in [0.29, 0.717) is 16.9 Å². The van der Waals surface area contributed by atoms with E-state index in [1.165, 1.54) is 6.26 Å². The quantitative estimate of drug-likeness (QED) is 0.481. The summed E-state index contributed by atoms with van der Waals surface area (Å²) in [5, 5.41) is 6.84. The molecule has 2 rings (SSSR count). The van der Waals surface area contributed by atoms with Crippen molar-refractivity contribution in [2.75, 3.05) is 59.6 Å². The van der Waals surface area contributed by atoms with Crippen LogP contribution < -0.4 is 10.6 Å². The van der Waals surface area contributed by atoms with Gasteiger partial charge in [0.2, 0.25) is 0 Å². The summed E-state index contributed by atoms with van der Waals surface area (Å²) in [7, 11) is 0.825. The molecule has 0 aromatic heterocycles. The zero-order chi connectivity index (χ0) is 21.4. The fourth-order valence-corrected chi connectivity index (χ4v) is 4.22. The van der Waals surface area contributed by atoms with Gasteiger partial charge in [0, 0.05) is 58.6 Å². The van der Waals surface area contributed by atoms with Gasteiger partial charge >= 0.3 is 0 Å². The Morgan fingerprint density at radius 2 is 1.72 bits per heavy atom. The van der Waals surface area contributed by atoms with Crippen LogP contribution >= 0.6 is 0 Å². The number of aliphatic imine (C=N–C) groups is 1. The number of hydrogen-bond donors (Lipinski definition) is 2. The number of sulfone groups is 1. The monoisotopic (exact) mass is 423 g/mol. The molecule has 8 heteroatoms. The van der Waals surface area contributed by atoms with Crippen molar-refractivity contribution in [1.29, 1.82) is 0 Å². The first-order chi connectivity index (χ1) is 13.7. The van der Waals surface area contributed by atoms with Gasteiger partial charge in [-0.1, -0.05) is 26.0 Å². The average Bonchev–Trinajstić information content (AvgIpc) is 2.67. The second-order valence-electron chi connectivity index (χ2n) is 8.20. The van der Waals surface area contributed by atoms with Crippen LogP contribution in [0.15, 0.2) is 34.2 Å². The Hall–Kier alpha value is -1.64. The Kier molecular flexibility index (Phi) is 8.92. The predicted molar refractivity (Wildman–Crippen MR) is 120 cm³/mol. The molecule has 1 atom stereocenters. The molecule has 1 fully saturated rings. The van der Waals surface area contributed by atoms with Crippen LogP contribution in [0.2, 0.25) is 0 Å². The maximum Gasteiger partial charge on any atom is 0.191 e. The SMILES string of the molecule is CN=C(NCCc1ccc(S(C)(=O)=O)cc1)NCC(C(C)C)N1CCN(C)CC1. The van der Waals surface area contributed by atoms with Crippen LogP contribution in [-0.4, -0.2) is 89.8 Å². The number of guanidine groups is 1. The van der Waals surface area contributed by atoms with Crippen molar-refractivity contribution in [3.63, 3.8) is 0 Å². The van der Waals surface area contributed by atoms with E-state index in [9.17, 15) is 8.42 Å². The zero-order valence-corrected chi connectivity index (χ0v) is 19.3. The fourth-order valence-electron chi connectivity index (χ4n) is 3.59. The number of likely N-dealkylation sites (N-methyl/N-ethyl adjacent to an activating group) is 1. The molecule has 29 heavy (non-hydrogen) atoms. The van der Waals surface area contributed by atoms with Gasteiger partial charge in [-0.3, -0.25) is 9.89 Å². The van der Waals surface area contributed by atoms with E-state index in [1.807, 2.05) is 12.1 Å². The van der Waals surface area contributed by atoms with E-state index in [0.717, 1.165) is 57.2 Å². The fraction of sp³-hybridized carbons (Fsp3) is 0.667. The maximum atomic E-state index is 11.5. The zero-order valence-electron chi connectivity index (χ0n) is 18.5. The largest absolute Gasteiger partial charge is 0.356 e. The van der Waals surface area contributed by atoms with Gasteiger partial charge in [0.15, 0.2) is 15.8 Å². The van der Waals surface area contributed by atoms with Crippen molar-refractivity contribution in [2.24, 2.45) is 10.9 Å². The van der Waals surface area contributed by atoms with Crippen molar-refractivity contribution in [2.45, 2.75) is 31.2 Å². The minimum atomic E-state index is -3.14. The van der Waals surface area contributed by atoms with Crippen molar-refractivity contribution in [3.05, 3.63) is 29.8 Å². The summed E-state index contributed by atoms with van der Waals surface area (Å²) in [5.41, 5.74) is 1.10. The summed E-state index contributed by atoms with van der Waals surface area (Å²) in [5.74, 6) is 1.37. The van der Waals surface area contributed by atoms with Crippen LogP contribution in [0.1, 0.15) is 19.4 Å². The smallest absolute Gasteiger partial charge is 0.191 e. The van der Waals surface area contributed by atoms with Gasteiger partial charge in [-0.2, -0.15) is 0 Å². The third-order valence-electron chi connectivity index (χ3n) is 5.54. The van der Waals surface area contributed by atoms with Crippen LogP contribution in [0.25, 0.3) is 0 Å². The Bertz CT molecular complexity index is 754. The van der Waals surface area contributed by atoms with Crippen LogP contribution in [0.3, 0.4) is 0 Å². The average molecular weight is 424 g/mol. The number of hydrogen-bond acceptors (Lipinski definition) is 5. The molecule has 0 radical (unpaired) electrons. The second kappa shape index (κ2) is 10.9. The Morgan fingerprint density at radius 1 is 1.10 bits per heavy atom. The first-order valence-corrected chi connectivity index (χ1v) is 12.3. The van der Waals surface area contributed by atoms with Crippen LogP contribution in [0.5, 0.6) is 0 Å². The molecule has 0 bridgehead atoms. The first kappa shape index (κ1) is 23.6. The van der Waals surface area contributed by atoms with Crippen molar-refractivity contribution < 1.29 is 8.42 Å². The standard InChI is InChI=1S/C21H37N5O2S/c1-17(2)20(26-14-12-25(4)13-15-26)16-24-21(22-3)23-11-10-18-6-8-19(9-7-18)29(5,27)28/h6-9,17,20H,10-16H2,1-5H3,(H2,22,23,24). The highest BCUT2D eigenvalue weighted by Gasteiger charge is 2.25. The minimum Gasteiger partial charge on any atom is -0.356 e. The van der Waals surface area contributed by atoms with Crippen LogP contribution in [0, 0.1) is 5.92 Å². The lowest BCUT2D eigenvalue weighted by Gasteiger charge is -2.40. The molecule has 1 unspecified atom stereocenters. The van der Waals surface area contributed by atoms with Crippen molar-refractivity contribution in [1.82, 2.24) is 20.4 Å². The molecule has 1 aromatic carbocycles. The third kappa shape index (κ3) is 7.60. The molecule has 1 heterocycles. The maximum absolute atomic E-state index is 11.5. The highest BCUT2D eigenvalue weighted by molar-refractivity contribution is 7.90. The molecule has 164 valence electrons. The normalized spacial score (nSPS) is 18.1. The van der Waals surface area contributed by atoms with Gasteiger partial charge in [-0.25, -0.2) is 8.42 Å². The molecule has 0 amide bonds. The molecule has 2 N–H and O–H groups in total. The third-order valence-corrected chi connectivity index (χ3v) is 6.66. The number of nitrogens with zero attached hydrogens (tertiary/aromatic N) is 3. The van der Waals surface area contributed by atoms with Gasteiger partial charge in [0.25, 0.3) is 0 Å². The lowest BCUT2D eigenvalue weighted by atomic mass is 10.0. The van der Waals surface area contributed by atoms with Gasteiger partial charge in [0.1, 0.15) is 0 Å². The Morgan fingerprint density at radius 3 is 2.24 bits per heavy atom. The summed E-state index contributed by atoms with van der Waals surface area (Å²) in [6, 6.07) is 7.56. The number of rotatable bonds is 8. The molecule has 1 aromatic rings. The summed E-state index contributed by atoms with van der Waals surface area (Å²) < 4.78 is 23.1. The molecule has 1 aliphatic rings. The predicted octanol–water partition coefficient (Wildman–Crippen LogP) is 1.07. The Balaban J connectivity index is 1.80. The minimum absolute atomic E-state index is 0.357. The second-order valence-corrected chi connectivity index (χ2v) is 10.2. The number of benzene rings is 1. The highest BCUT2D eigenvalue weighted by Crippen LogP contribution is 2.13. The molecular weight excluding hydrogens is 386 g/mol. The van der Waals surface area contributed by atoms with Gasteiger partial charge in [-0.05, 0) is 37.1 Å². The molecule has 0 aliphatic carbocycles. The van der Waals surface area contributed by atoms with E-state index in [4.69, 9.17) is 0 Å². The molecular formula is C21H37N5O2S. The number of piperazine rings is 1. The first-order valence-electron chi connectivity index (χ1n) is 10.4. The lowest BCUT2D eigenvalue weighted by molar-refractivity contribution is 0.0900.